The Kier molecular flexibility index (Phi) is 4.70. The summed E-state index contributed by atoms with van der Waals surface area (Å²) in [6.07, 6.45) is 1.30. The second kappa shape index (κ2) is 6.91. The van der Waals surface area contributed by atoms with Crippen LogP contribution in [0, 0.1) is 23.0 Å². The predicted molar refractivity (Wildman–Crippen MR) is 91.3 cm³/mol. The smallest absolute Gasteiger partial charge is 0.292 e. The zero-order chi connectivity index (χ0) is 17.1. The Morgan fingerprint density at radius 2 is 2.17 bits per heavy atom. The second-order valence-corrected chi connectivity index (χ2v) is 6.58. The lowest BCUT2D eigenvalue weighted by Crippen LogP contribution is -2.38. The minimum atomic E-state index is -0.358. The van der Waals surface area contributed by atoms with Gasteiger partial charge in [-0.15, -0.1) is 10.2 Å². The zero-order valence-corrected chi connectivity index (χ0v) is 14.0. The van der Waals surface area contributed by atoms with Gasteiger partial charge in [-0.25, -0.2) is 0 Å². The largest absolute Gasteiger partial charge is 0.366 e. The van der Waals surface area contributed by atoms with Crippen molar-refractivity contribution in [3.63, 3.8) is 0 Å². The molecule has 1 N–H and O–H groups in total. The highest BCUT2D eigenvalue weighted by Gasteiger charge is 2.28. The molecular weight excluding hydrogens is 330 g/mol. The Balaban J connectivity index is 1.66. The molecule has 0 spiro atoms. The third-order valence-electron chi connectivity index (χ3n) is 4.12. The van der Waals surface area contributed by atoms with Gasteiger partial charge in [-0.3, -0.25) is 14.9 Å². The molecule has 2 aromatic rings. The summed E-state index contributed by atoms with van der Waals surface area (Å²) in [4.78, 5) is 25.1. The van der Waals surface area contributed by atoms with Crippen LogP contribution in [-0.4, -0.2) is 34.1 Å². The number of rotatable bonds is 4. The number of benzene rings is 1. The number of aromatic nitrogens is 2. The molecule has 0 radical (unpaired) electrons. The molecule has 8 nitrogen and oxygen atoms in total. The van der Waals surface area contributed by atoms with E-state index in [1.807, 2.05) is 17.9 Å². The van der Waals surface area contributed by atoms with Crippen LogP contribution in [-0.2, 0) is 4.79 Å². The van der Waals surface area contributed by atoms with E-state index in [0.717, 1.165) is 5.56 Å². The van der Waals surface area contributed by atoms with Crippen molar-refractivity contribution in [2.75, 3.05) is 23.3 Å². The zero-order valence-electron chi connectivity index (χ0n) is 13.1. The summed E-state index contributed by atoms with van der Waals surface area (Å²) in [6.45, 7) is 3.13. The van der Waals surface area contributed by atoms with Crippen molar-refractivity contribution < 1.29 is 9.72 Å². The van der Waals surface area contributed by atoms with Crippen molar-refractivity contribution in [3.05, 3.63) is 39.4 Å². The van der Waals surface area contributed by atoms with Crippen LogP contribution < -0.4 is 10.2 Å². The standard InChI is InChI=1S/C15H17N5O3S/c1-10-2-3-12(20(22)23)13(8-10)19-6-4-11(5-7-19)14(21)17-15-18-16-9-24-15/h2-3,8-9,11H,4-7H2,1H3,(H,17,18,21). The molecule has 1 aromatic heterocycles. The highest BCUT2D eigenvalue weighted by atomic mass is 32.1. The van der Waals surface area contributed by atoms with Gasteiger partial charge >= 0.3 is 0 Å². The number of nitrogens with zero attached hydrogens (tertiary/aromatic N) is 4. The molecule has 24 heavy (non-hydrogen) atoms. The summed E-state index contributed by atoms with van der Waals surface area (Å²) >= 11 is 1.28. The normalized spacial score (nSPS) is 15.3. The van der Waals surface area contributed by atoms with Gasteiger partial charge in [0.2, 0.25) is 11.0 Å². The number of nitro benzene ring substituents is 1. The maximum Gasteiger partial charge on any atom is 0.292 e. The first kappa shape index (κ1) is 16.3. The van der Waals surface area contributed by atoms with E-state index in [9.17, 15) is 14.9 Å². The Bertz CT molecular complexity index is 742. The molecule has 1 fully saturated rings. The number of amides is 1. The minimum Gasteiger partial charge on any atom is -0.366 e. The maximum atomic E-state index is 12.2. The van der Waals surface area contributed by atoms with Crippen molar-refractivity contribution in [1.82, 2.24) is 10.2 Å². The van der Waals surface area contributed by atoms with Gasteiger partial charge in [-0.05, 0) is 31.4 Å². The first-order valence-electron chi connectivity index (χ1n) is 7.61. The Labute approximate surface area is 142 Å². The first-order chi connectivity index (χ1) is 11.5. The highest BCUT2D eigenvalue weighted by Crippen LogP contribution is 2.32. The second-order valence-electron chi connectivity index (χ2n) is 5.74. The predicted octanol–water partition coefficient (Wildman–Crippen LogP) is 2.61. The topological polar surface area (TPSA) is 101 Å². The van der Waals surface area contributed by atoms with Crippen molar-refractivity contribution in [1.29, 1.82) is 0 Å². The van der Waals surface area contributed by atoms with Crippen LogP contribution in [0.4, 0.5) is 16.5 Å². The van der Waals surface area contributed by atoms with Crippen LogP contribution in [0.3, 0.4) is 0 Å². The van der Waals surface area contributed by atoms with Crippen molar-refractivity contribution in [2.24, 2.45) is 5.92 Å². The summed E-state index contributed by atoms with van der Waals surface area (Å²) in [5.74, 6) is -0.181. The Morgan fingerprint density at radius 3 is 2.79 bits per heavy atom. The summed E-state index contributed by atoms with van der Waals surface area (Å²) in [6, 6.07) is 5.11. The molecule has 0 saturated carbocycles. The van der Waals surface area contributed by atoms with Crippen LogP contribution in [0.5, 0.6) is 0 Å². The molecule has 1 aliphatic rings. The fourth-order valence-electron chi connectivity index (χ4n) is 2.86. The van der Waals surface area contributed by atoms with Crippen molar-refractivity contribution in [3.8, 4) is 0 Å². The molecule has 9 heteroatoms. The molecule has 1 aromatic carbocycles. The van der Waals surface area contributed by atoms with Gasteiger partial charge < -0.3 is 10.2 Å². The molecular formula is C15H17N5O3S. The van der Waals surface area contributed by atoms with Gasteiger partial charge in [0.05, 0.1) is 4.92 Å². The van der Waals surface area contributed by atoms with Gasteiger partial charge in [0, 0.05) is 25.1 Å². The molecule has 2 heterocycles. The summed E-state index contributed by atoms with van der Waals surface area (Å²) in [5, 5.41) is 22.0. The van der Waals surface area contributed by atoms with Crippen molar-refractivity contribution >= 4 is 33.8 Å². The monoisotopic (exact) mass is 347 g/mol. The number of hydrogen-bond acceptors (Lipinski definition) is 7. The van der Waals surface area contributed by atoms with Gasteiger partial charge in [0.1, 0.15) is 11.2 Å². The van der Waals surface area contributed by atoms with Gasteiger partial charge in [0.25, 0.3) is 5.69 Å². The molecule has 0 atom stereocenters. The van der Waals surface area contributed by atoms with Crippen LogP contribution in [0.25, 0.3) is 0 Å². The number of hydrogen-bond donors (Lipinski definition) is 1. The van der Waals surface area contributed by atoms with E-state index in [1.54, 1.807) is 17.6 Å². The van der Waals surface area contributed by atoms with E-state index < -0.39 is 0 Å². The van der Waals surface area contributed by atoms with E-state index in [4.69, 9.17) is 0 Å². The van der Waals surface area contributed by atoms with E-state index in [1.165, 1.54) is 11.3 Å². The Morgan fingerprint density at radius 1 is 1.42 bits per heavy atom. The molecule has 126 valence electrons. The summed E-state index contributed by atoms with van der Waals surface area (Å²) < 4.78 is 0. The van der Waals surface area contributed by atoms with Crippen molar-refractivity contribution in [2.45, 2.75) is 19.8 Å². The van der Waals surface area contributed by atoms with Gasteiger partial charge in [-0.1, -0.05) is 17.4 Å². The molecule has 1 amide bonds. The van der Waals surface area contributed by atoms with E-state index in [2.05, 4.69) is 15.5 Å². The maximum absolute atomic E-state index is 12.2. The van der Waals surface area contributed by atoms with Gasteiger partial charge in [0.15, 0.2) is 0 Å². The number of piperidine rings is 1. The average molecular weight is 347 g/mol. The fourth-order valence-corrected chi connectivity index (χ4v) is 3.31. The molecule has 0 aliphatic carbocycles. The van der Waals surface area contributed by atoms with Crippen LogP contribution in [0.2, 0.25) is 0 Å². The number of nitro groups is 1. The molecule has 3 rings (SSSR count). The Hall–Kier alpha value is -2.55. The van der Waals surface area contributed by atoms with Crippen LogP contribution in [0.1, 0.15) is 18.4 Å². The molecule has 1 saturated heterocycles. The fraction of sp³-hybridized carbons (Fsp3) is 0.400. The lowest BCUT2D eigenvalue weighted by atomic mass is 9.95. The van der Waals surface area contributed by atoms with E-state index >= 15 is 0 Å². The lowest BCUT2D eigenvalue weighted by Gasteiger charge is -2.32. The molecule has 0 bridgehead atoms. The summed E-state index contributed by atoms with van der Waals surface area (Å²) in [7, 11) is 0. The van der Waals surface area contributed by atoms with Gasteiger partial charge in [-0.2, -0.15) is 0 Å². The SMILES string of the molecule is Cc1ccc([N+](=O)[O-])c(N2CCC(C(=O)Nc3nncs3)CC2)c1. The van der Waals surface area contributed by atoms with E-state index in [-0.39, 0.29) is 22.4 Å². The van der Waals surface area contributed by atoms with E-state index in [0.29, 0.717) is 36.8 Å². The van der Waals surface area contributed by atoms with Crippen LogP contribution in [0.15, 0.2) is 23.7 Å². The third-order valence-corrected chi connectivity index (χ3v) is 4.73. The number of carbonyl (C=O) groups is 1. The molecule has 1 aliphatic heterocycles. The summed E-state index contributed by atoms with van der Waals surface area (Å²) in [5.41, 5.74) is 3.28. The first-order valence-corrected chi connectivity index (χ1v) is 8.49. The lowest BCUT2D eigenvalue weighted by molar-refractivity contribution is -0.384. The average Bonchev–Trinajstić information content (AvgIpc) is 3.07. The van der Waals surface area contributed by atoms with Crippen LogP contribution >= 0.6 is 11.3 Å². The third kappa shape index (κ3) is 3.51. The number of aryl methyl sites for hydroxylation is 1. The molecule has 0 unspecified atom stereocenters. The minimum absolute atomic E-state index is 0.0647. The number of nitrogens with one attached hydrogen (secondary N) is 1. The number of anilines is 2. The number of carbonyl (C=O) groups excluding carboxylic acids is 1. The highest BCUT2D eigenvalue weighted by molar-refractivity contribution is 7.13. The quantitative estimate of drug-likeness (QED) is 0.674.